The minimum Gasteiger partial charge on any atom is -0.298 e. The highest BCUT2D eigenvalue weighted by molar-refractivity contribution is 7.90. The van der Waals surface area contributed by atoms with Gasteiger partial charge in [0.25, 0.3) is 5.91 Å². The average molecular weight is 466 g/mol. The molecular weight excluding hydrogens is 446 g/mol. The van der Waals surface area contributed by atoms with Crippen molar-refractivity contribution in [2.75, 3.05) is 24.7 Å². The lowest BCUT2D eigenvalue weighted by atomic mass is 10.2. The van der Waals surface area contributed by atoms with Gasteiger partial charge in [-0.1, -0.05) is 17.4 Å². The van der Waals surface area contributed by atoms with Crippen LogP contribution in [-0.4, -0.2) is 51.4 Å². The van der Waals surface area contributed by atoms with E-state index >= 15 is 0 Å². The molecule has 0 radical (unpaired) electrons. The summed E-state index contributed by atoms with van der Waals surface area (Å²) in [7, 11) is -6.97. The molecule has 30 heavy (non-hydrogen) atoms. The number of benzene rings is 2. The Balaban J connectivity index is 1.59. The van der Waals surface area contributed by atoms with Crippen molar-refractivity contribution in [3.63, 3.8) is 0 Å². The first kappa shape index (κ1) is 20.9. The molecule has 158 valence electrons. The van der Waals surface area contributed by atoms with Gasteiger partial charge < -0.3 is 0 Å². The Morgan fingerprint density at radius 2 is 1.77 bits per heavy atom. The molecule has 1 amide bonds. The molecule has 0 aliphatic carbocycles. The second-order valence-electron chi connectivity index (χ2n) is 7.01. The maximum absolute atomic E-state index is 12.8. The number of thiazole rings is 1. The number of carbonyl (C=O) groups is 1. The lowest BCUT2D eigenvalue weighted by Crippen LogP contribution is -2.27. The predicted molar refractivity (Wildman–Crippen MR) is 115 cm³/mol. The zero-order chi connectivity index (χ0) is 21.5. The van der Waals surface area contributed by atoms with E-state index < -0.39 is 25.8 Å². The first-order chi connectivity index (χ1) is 14.1. The highest BCUT2D eigenvalue weighted by Crippen LogP contribution is 2.30. The third-order valence-electron chi connectivity index (χ3n) is 4.81. The number of nitrogens with one attached hydrogen (secondary N) is 1. The molecule has 2 heterocycles. The Kier molecular flexibility index (Phi) is 5.39. The normalized spacial score (nSPS) is 15.5. The zero-order valence-electron chi connectivity index (χ0n) is 16.0. The van der Waals surface area contributed by atoms with Gasteiger partial charge in [-0.3, -0.25) is 10.1 Å². The number of hydrogen-bond acceptors (Lipinski definition) is 7. The smallest absolute Gasteiger partial charge is 0.257 e. The Hall–Kier alpha value is -2.34. The lowest BCUT2D eigenvalue weighted by Gasteiger charge is -2.15. The van der Waals surface area contributed by atoms with Gasteiger partial charge in [0.15, 0.2) is 15.0 Å². The number of fused-ring (bicyclic) bond motifs is 1. The van der Waals surface area contributed by atoms with Crippen LogP contribution in [0.5, 0.6) is 0 Å². The fourth-order valence-corrected chi connectivity index (χ4v) is 6.42. The van der Waals surface area contributed by atoms with Crippen molar-refractivity contribution >= 4 is 52.5 Å². The van der Waals surface area contributed by atoms with Crippen molar-refractivity contribution in [2.45, 2.75) is 22.6 Å². The van der Waals surface area contributed by atoms with E-state index in [1.807, 2.05) is 0 Å². The summed E-state index contributed by atoms with van der Waals surface area (Å²) in [4.78, 5) is 17.1. The Labute approximate surface area is 178 Å². The second kappa shape index (κ2) is 7.73. The molecular formula is C19H19N3O5S3. The molecule has 1 aliphatic rings. The summed E-state index contributed by atoms with van der Waals surface area (Å²) in [6, 6.07) is 10.5. The zero-order valence-corrected chi connectivity index (χ0v) is 18.5. The molecule has 0 bridgehead atoms. The van der Waals surface area contributed by atoms with Gasteiger partial charge in [0.1, 0.15) is 0 Å². The van der Waals surface area contributed by atoms with Gasteiger partial charge in [0, 0.05) is 24.9 Å². The van der Waals surface area contributed by atoms with E-state index in [0.29, 0.717) is 28.4 Å². The molecule has 1 aromatic heterocycles. The number of sulfone groups is 1. The van der Waals surface area contributed by atoms with E-state index in [2.05, 4.69) is 10.3 Å². The molecule has 1 fully saturated rings. The molecule has 11 heteroatoms. The fraction of sp³-hybridized carbons (Fsp3) is 0.263. The third kappa shape index (κ3) is 4.10. The second-order valence-corrected chi connectivity index (χ2v) is 12.0. The maximum Gasteiger partial charge on any atom is 0.257 e. The van der Waals surface area contributed by atoms with Crippen molar-refractivity contribution in [1.29, 1.82) is 0 Å². The Morgan fingerprint density at radius 3 is 2.47 bits per heavy atom. The van der Waals surface area contributed by atoms with Gasteiger partial charge in [0.2, 0.25) is 10.0 Å². The summed E-state index contributed by atoms with van der Waals surface area (Å²) in [5.41, 5.74) is 0.759. The van der Waals surface area contributed by atoms with Gasteiger partial charge >= 0.3 is 0 Å². The summed E-state index contributed by atoms with van der Waals surface area (Å²) in [6.45, 7) is 1.05. The largest absolute Gasteiger partial charge is 0.298 e. The molecule has 3 aromatic rings. The quantitative estimate of drug-likeness (QED) is 0.620. The minimum absolute atomic E-state index is 0.0520. The number of carbonyl (C=O) groups excluding carboxylic acids is 1. The SMILES string of the molecule is CS(=O)(=O)c1cccc(C(=O)Nc2nc3ccc(S(=O)(=O)N4CCCC4)cc3s2)c1. The van der Waals surface area contributed by atoms with Crippen LogP contribution in [-0.2, 0) is 19.9 Å². The average Bonchev–Trinajstić information content (AvgIpc) is 3.36. The van der Waals surface area contributed by atoms with Gasteiger partial charge in [0.05, 0.1) is 20.0 Å². The van der Waals surface area contributed by atoms with Gasteiger partial charge in [-0.25, -0.2) is 21.8 Å². The van der Waals surface area contributed by atoms with E-state index in [1.54, 1.807) is 12.1 Å². The molecule has 0 unspecified atom stereocenters. The fourth-order valence-electron chi connectivity index (χ4n) is 3.23. The molecule has 0 spiro atoms. The van der Waals surface area contributed by atoms with E-state index in [0.717, 1.165) is 30.4 Å². The van der Waals surface area contributed by atoms with Crippen LogP contribution in [0.3, 0.4) is 0 Å². The van der Waals surface area contributed by atoms with Crippen LogP contribution in [0.2, 0.25) is 0 Å². The van der Waals surface area contributed by atoms with E-state index in [9.17, 15) is 21.6 Å². The van der Waals surface area contributed by atoms with Crippen molar-refractivity contribution in [1.82, 2.24) is 9.29 Å². The van der Waals surface area contributed by atoms with E-state index in [-0.39, 0.29) is 15.4 Å². The molecule has 0 atom stereocenters. The van der Waals surface area contributed by atoms with Crippen LogP contribution in [0.15, 0.2) is 52.3 Å². The summed E-state index contributed by atoms with van der Waals surface area (Å²) in [5, 5.41) is 2.95. The number of hydrogen-bond donors (Lipinski definition) is 1. The molecule has 1 aliphatic heterocycles. The maximum atomic E-state index is 12.8. The van der Waals surface area contributed by atoms with Crippen LogP contribution < -0.4 is 5.32 Å². The van der Waals surface area contributed by atoms with Crippen LogP contribution in [0.4, 0.5) is 5.13 Å². The van der Waals surface area contributed by atoms with E-state index in [4.69, 9.17) is 0 Å². The monoisotopic (exact) mass is 465 g/mol. The van der Waals surface area contributed by atoms with Crippen LogP contribution in [0, 0.1) is 0 Å². The van der Waals surface area contributed by atoms with Crippen LogP contribution in [0.25, 0.3) is 10.2 Å². The van der Waals surface area contributed by atoms with Crippen molar-refractivity contribution in [2.24, 2.45) is 0 Å². The van der Waals surface area contributed by atoms with Crippen molar-refractivity contribution in [3.8, 4) is 0 Å². The van der Waals surface area contributed by atoms with Gasteiger partial charge in [-0.05, 0) is 49.2 Å². The summed E-state index contributed by atoms with van der Waals surface area (Å²) >= 11 is 1.16. The minimum atomic E-state index is -3.54. The molecule has 8 nitrogen and oxygen atoms in total. The Bertz CT molecular complexity index is 1340. The number of nitrogens with zero attached hydrogens (tertiary/aromatic N) is 2. The highest BCUT2D eigenvalue weighted by atomic mass is 32.2. The lowest BCUT2D eigenvalue weighted by molar-refractivity contribution is 0.102. The first-order valence-corrected chi connectivity index (χ1v) is 13.3. The van der Waals surface area contributed by atoms with Crippen molar-refractivity contribution in [3.05, 3.63) is 48.0 Å². The molecule has 0 saturated carbocycles. The number of amides is 1. The molecule has 1 N–H and O–H groups in total. The summed E-state index contributed by atoms with van der Waals surface area (Å²) in [6.07, 6.45) is 2.79. The van der Waals surface area contributed by atoms with Crippen LogP contribution >= 0.6 is 11.3 Å². The molecule has 1 saturated heterocycles. The molecule has 4 rings (SSSR count). The van der Waals surface area contributed by atoms with Gasteiger partial charge in [-0.2, -0.15) is 4.31 Å². The third-order valence-corrected chi connectivity index (χ3v) is 8.75. The standard InChI is InChI=1S/C19H19N3O5S3/c1-29(24,25)14-6-4-5-13(11-14)18(23)21-19-20-16-8-7-15(12-17(16)28-19)30(26,27)22-9-2-3-10-22/h4-8,11-12H,2-3,9-10H2,1H3,(H,20,21,23). The number of anilines is 1. The number of aromatic nitrogens is 1. The molecule has 2 aromatic carbocycles. The highest BCUT2D eigenvalue weighted by Gasteiger charge is 2.27. The Morgan fingerprint density at radius 1 is 1.03 bits per heavy atom. The summed E-state index contributed by atoms with van der Waals surface area (Å²) < 4.78 is 51.0. The van der Waals surface area contributed by atoms with Crippen molar-refractivity contribution < 1.29 is 21.6 Å². The topological polar surface area (TPSA) is 114 Å². The van der Waals surface area contributed by atoms with Crippen LogP contribution in [0.1, 0.15) is 23.2 Å². The summed E-state index contributed by atoms with van der Waals surface area (Å²) in [5.74, 6) is -0.496. The van der Waals surface area contributed by atoms with Gasteiger partial charge in [-0.15, -0.1) is 0 Å². The first-order valence-electron chi connectivity index (χ1n) is 9.17. The number of rotatable bonds is 5. The van der Waals surface area contributed by atoms with E-state index in [1.165, 1.54) is 34.6 Å². The number of sulfonamides is 1. The predicted octanol–water partition coefficient (Wildman–Crippen LogP) is 2.74.